The monoisotopic (exact) mass is 260 g/mol. The molecule has 0 atom stereocenters. The number of anilines is 1. The van der Waals surface area contributed by atoms with Crippen molar-refractivity contribution in [3.63, 3.8) is 0 Å². The molecule has 0 saturated carbocycles. The number of aromatic nitrogens is 3. The molecule has 7 nitrogen and oxygen atoms in total. The second-order valence-electron chi connectivity index (χ2n) is 3.86. The second kappa shape index (κ2) is 5.76. The van der Waals surface area contributed by atoms with Crippen molar-refractivity contribution in [1.29, 1.82) is 0 Å². The first-order chi connectivity index (χ1) is 9.13. The number of carboxylic acids is 1. The van der Waals surface area contributed by atoms with Crippen LogP contribution in [0.15, 0.2) is 36.5 Å². The summed E-state index contributed by atoms with van der Waals surface area (Å²) in [7, 11) is 0. The van der Waals surface area contributed by atoms with E-state index in [1.54, 1.807) is 0 Å². The molecule has 0 radical (unpaired) electrons. The van der Waals surface area contributed by atoms with Gasteiger partial charge in [0.25, 0.3) is 0 Å². The number of carbonyl (C=O) groups is 2. The van der Waals surface area contributed by atoms with Gasteiger partial charge in [0.15, 0.2) is 12.4 Å². The minimum Gasteiger partial charge on any atom is -0.480 e. The van der Waals surface area contributed by atoms with Crippen LogP contribution in [0.3, 0.4) is 0 Å². The quantitative estimate of drug-likeness (QED) is 0.818. The van der Waals surface area contributed by atoms with Crippen molar-refractivity contribution < 1.29 is 14.7 Å². The van der Waals surface area contributed by atoms with Crippen LogP contribution >= 0.6 is 0 Å². The van der Waals surface area contributed by atoms with Crippen LogP contribution in [0.4, 0.5) is 5.82 Å². The smallest absolute Gasteiger partial charge is 0.327 e. The molecule has 0 aliphatic heterocycles. The maximum absolute atomic E-state index is 11.7. The van der Waals surface area contributed by atoms with Gasteiger partial charge in [-0.2, -0.15) is 9.90 Å². The van der Waals surface area contributed by atoms with E-state index in [0.29, 0.717) is 0 Å². The summed E-state index contributed by atoms with van der Waals surface area (Å²) >= 11 is 0. The summed E-state index contributed by atoms with van der Waals surface area (Å²) in [6, 6.07) is 9.28. The summed E-state index contributed by atoms with van der Waals surface area (Å²) < 4.78 is 0. The number of nitrogens with zero attached hydrogens (tertiary/aromatic N) is 3. The molecule has 1 heterocycles. The highest BCUT2D eigenvalue weighted by Gasteiger charge is 2.08. The van der Waals surface area contributed by atoms with Crippen LogP contribution in [-0.4, -0.2) is 32.0 Å². The molecule has 98 valence electrons. The van der Waals surface area contributed by atoms with E-state index in [1.807, 2.05) is 30.3 Å². The van der Waals surface area contributed by atoms with Gasteiger partial charge in [0.05, 0.1) is 12.6 Å². The molecule has 0 bridgehead atoms. The zero-order valence-electron chi connectivity index (χ0n) is 9.98. The van der Waals surface area contributed by atoms with Gasteiger partial charge >= 0.3 is 5.97 Å². The lowest BCUT2D eigenvalue weighted by molar-refractivity contribution is -0.138. The molecule has 1 aromatic heterocycles. The van der Waals surface area contributed by atoms with Gasteiger partial charge in [-0.15, -0.1) is 5.10 Å². The second-order valence-corrected chi connectivity index (χ2v) is 3.86. The summed E-state index contributed by atoms with van der Waals surface area (Å²) in [5, 5.41) is 18.7. The molecule has 0 fully saturated rings. The molecule has 0 aliphatic rings. The maximum Gasteiger partial charge on any atom is 0.327 e. The van der Waals surface area contributed by atoms with Crippen LogP contribution < -0.4 is 5.32 Å². The molecule has 2 N–H and O–H groups in total. The lowest BCUT2D eigenvalue weighted by Gasteiger charge is -2.01. The van der Waals surface area contributed by atoms with Gasteiger partial charge in [-0.1, -0.05) is 30.3 Å². The van der Waals surface area contributed by atoms with Crippen LogP contribution in [0.1, 0.15) is 5.56 Å². The molecule has 0 spiro atoms. The Morgan fingerprint density at radius 2 is 2.00 bits per heavy atom. The van der Waals surface area contributed by atoms with Crippen molar-refractivity contribution in [2.75, 3.05) is 5.32 Å². The lowest BCUT2D eigenvalue weighted by atomic mass is 10.1. The van der Waals surface area contributed by atoms with Crippen LogP contribution in [0.5, 0.6) is 0 Å². The molecule has 2 aromatic rings. The molecule has 19 heavy (non-hydrogen) atoms. The number of aliphatic carboxylic acids is 1. The van der Waals surface area contributed by atoms with Crippen LogP contribution in [-0.2, 0) is 22.6 Å². The Morgan fingerprint density at radius 3 is 2.68 bits per heavy atom. The third-order valence-corrected chi connectivity index (χ3v) is 2.29. The van der Waals surface area contributed by atoms with Gasteiger partial charge in [0.1, 0.15) is 0 Å². The normalized spacial score (nSPS) is 10.1. The minimum atomic E-state index is -1.04. The lowest BCUT2D eigenvalue weighted by Crippen LogP contribution is -2.16. The fourth-order valence-corrected chi connectivity index (χ4v) is 1.52. The van der Waals surface area contributed by atoms with Gasteiger partial charge in [0.2, 0.25) is 5.91 Å². The van der Waals surface area contributed by atoms with Crippen molar-refractivity contribution in [2.45, 2.75) is 13.0 Å². The first-order valence-electron chi connectivity index (χ1n) is 5.59. The highest BCUT2D eigenvalue weighted by Crippen LogP contribution is 2.03. The van der Waals surface area contributed by atoms with Crippen LogP contribution in [0, 0.1) is 0 Å². The minimum absolute atomic E-state index is 0.228. The summed E-state index contributed by atoms with van der Waals surface area (Å²) in [4.78, 5) is 23.2. The van der Waals surface area contributed by atoms with Crippen molar-refractivity contribution in [3.8, 4) is 0 Å². The van der Waals surface area contributed by atoms with Crippen molar-refractivity contribution in [3.05, 3.63) is 42.1 Å². The Hall–Kier alpha value is -2.70. The third kappa shape index (κ3) is 3.91. The van der Waals surface area contributed by atoms with E-state index < -0.39 is 5.97 Å². The first kappa shape index (κ1) is 12.7. The number of benzene rings is 1. The molecular formula is C12H12N4O3. The third-order valence-electron chi connectivity index (χ3n) is 2.29. The number of hydrogen-bond acceptors (Lipinski definition) is 4. The zero-order valence-corrected chi connectivity index (χ0v) is 9.98. The first-order valence-corrected chi connectivity index (χ1v) is 5.59. The zero-order chi connectivity index (χ0) is 13.7. The summed E-state index contributed by atoms with van der Waals surface area (Å²) in [6.45, 7) is -0.339. The number of carbonyl (C=O) groups excluding carboxylic acids is 1. The molecule has 0 aliphatic carbocycles. The van der Waals surface area contributed by atoms with Gasteiger partial charge in [-0.05, 0) is 5.56 Å². The molecule has 0 unspecified atom stereocenters. The Morgan fingerprint density at radius 1 is 1.26 bits per heavy atom. The number of amides is 1. The largest absolute Gasteiger partial charge is 0.480 e. The highest BCUT2D eigenvalue weighted by atomic mass is 16.4. The Bertz CT molecular complexity index is 580. The van der Waals surface area contributed by atoms with Gasteiger partial charge in [0, 0.05) is 0 Å². The fraction of sp³-hybridized carbons (Fsp3) is 0.167. The Balaban J connectivity index is 1.92. The predicted octanol–water partition coefficient (Wildman–Crippen LogP) is 0.544. The predicted molar refractivity (Wildman–Crippen MR) is 66.4 cm³/mol. The number of nitrogens with one attached hydrogen (secondary N) is 1. The number of hydrogen-bond donors (Lipinski definition) is 2. The van der Waals surface area contributed by atoms with E-state index in [4.69, 9.17) is 5.11 Å². The van der Waals surface area contributed by atoms with Gasteiger partial charge in [-0.3, -0.25) is 9.59 Å². The Kier molecular flexibility index (Phi) is 3.87. The number of carboxylic acid groups (broad SMARTS) is 1. The van der Waals surface area contributed by atoms with E-state index in [0.717, 1.165) is 10.4 Å². The molecule has 7 heteroatoms. The fourth-order valence-electron chi connectivity index (χ4n) is 1.52. The van der Waals surface area contributed by atoms with Crippen molar-refractivity contribution >= 4 is 17.7 Å². The van der Waals surface area contributed by atoms with E-state index in [2.05, 4.69) is 15.5 Å². The molecule has 1 aromatic carbocycles. The summed E-state index contributed by atoms with van der Waals surface area (Å²) in [6.07, 6.45) is 1.54. The van der Waals surface area contributed by atoms with Crippen LogP contribution in [0.2, 0.25) is 0 Å². The van der Waals surface area contributed by atoms with E-state index in [9.17, 15) is 9.59 Å². The number of rotatable bonds is 5. The summed E-state index contributed by atoms with van der Waals surface area (Å²) in [5.41, 5.74) is 0.887. The highest BCUT2D eigenvalue weighted by molar-refractivity contribution is 5.91. The topological polar surface area (TPSA) is 97.1 Å². The molecule has 0 saturated heterocycles. The van der Waals surface area contributed by atoms with E-state index >= 15 is 0 Å². The summed E-state index contributed by atoms with van der Waals surface area (Å²) in [5.74, 6) is -1.03. The van der Waals surface area contributed by atoms with Crippen molar-refractivity contribution in [2.24, 2.45) is 0 Å². The molecule has 2 rings (SSSR count). The molecular weight excluding hydrogens is 248 g/mol. The standard InChI is InChI=1S/C12H12N4O3/c17-11(6-9-4-2-1-3-5-9)14-10-7-13-16(15-10)8-12(18)19/h1-5,7H,6,8H2,(H,18,19)(H,14,15,17). The molecule has 1 amide bonds. The SMILES string of the molecule is O=C(O)Cn1ncc(NC(=O)Cc2ccccc2)n1. The van der Waals surface area contributed by atoms with Gasteiger partial charge < -0.3 is 10.4 Å². The average molecular weight is 260 g/mol. The maximum atomic E-state index is 11.7. The van der Waals surface area contributed by atoms with E-state index in [1.165, 1.54) is 6.20 Å². The van der Waals surface area contributed by atoms with Crippen molar-refractivity contribution in [1.82, 2.24) is 15.0 Å². The van der Waals surface area contributed by atoms with E-state index in [-0.39, 0.29) is 24.7 Å². The van der Waals surface area contributed by atoms with Crippen LogP contribution in [0.25, 0.3) is 0 Å². The average Bonchev–Trinajstić information content (AvgIpc) is 2.76. The van der Waals surface area contributed by atoms with Gasteiger partial charge in [-0.25, -0.2) is 0 Å². The Labute approximate surface area is 108 Å².